The van der Waals surface area contributed by atoms with E-state index in [1.54, 1.807) is 56.3 Å². The summed E-state index contributed by atoms with van der Waals surface area (Å²) in [6.07, 6.45) is 1.79. The van der Waals surface area contributed by atoms with Gasteiger partial charge in [0.15, 0.2) is 6.04 Å². The van der Waals surface area contributed by atoms with Crippen LogP contribution in [0.3, 0.4) is 0 Å². The second-order valence-corrected chi connectivity index (χ2v) is 9.19. The van der Waals surface area contributed by atoms with Gasteiger partial charge >= 0.3 is 11.9 Å². The summed E-state index contributed by atoms with van der Waals surface area (Å²) in [5.41, 5.74) is 1.57. The average molecular weight is 458 g/mol. The maximum absolute atomic E-state index is 13.9. The zero-order valence-corrected chi connectivity index (χ0v) is 19.2. The minimum Gasteiger partial charge on any atom is -0.465 e. The first kappa shape index (κ1) is 23.7. The van der Waals surface area contributed by atoms with Gasteiger partial charge in [0.2, 0.25) is 10.0 Å². The molecule has 1 aliphatic rings. The Morgan fingerprint density at radius 1 is 0.969 bits per heavy atom. The smallest absolute Gasteiger partial charge is 0.335 e. The normalized spacial score (nSPS) is 19.2. The second kappa shape index (κ2) is 10.1. The van der Waals surface area contributed by atoms with Crippen molar-refractivity contribution in [2.75, 3.05) is 13.2 Å². The summed E-state index contributed by atoms with van der Waals surface area (Å²) < 4.78 is 39.2. The molecule has 8 heteroatoms. The van der Waals surface area contributed by atoms with Crippen molar-refractivity contribution in [3.63, 3.8) is 0 Å². The van der Waals surface area contributed by atoms with E-state index in [0.29, 0.717) is 5.56 Å². The molecule has 0 amide bonds. The molecule has 2 aromatic rings. The van der Waals surface area contributed by atoms with Crippen LogP contribution in [0.25, 0.3) is 0 Å². The van der Waals surface area contributed by atoms with E-state index < -0.39 is 34.0 Å². The van der Waals surface area contributed by atoms with Crippen molar-refractivity contribution in [1.82, 2.24) is 4.31 Å². The van der Waals surface area contributed by atoms with E-state index in [9.17, 15) is 18.0 Å². The fraction of sp³-hybridized carbons (Fsp3) is 0.333. The predicted octanol–water partition coefficient (Wildman–Crippen LogP) is 3.55. The first-order chi connectivity index (χ1) is 15.3. The summed E-state index contributed by atoms with van der Waals surface area (Å²) in [5, 5.41) is 0. The van der Waals surface area contributed by atoms with Crippen LogP contribution in [0.1, 0.15) is 37.4 Å². The summed E-state index contributed by atoms with van der Waals surface area (Å²) in [7, 11) is -4.19. The lowest BCUT2D eigenvalue weighted by molar-refractivity contribution is -0.150. The van der Waals surface area contributed by atoms with Crippen LogP contribution < -0.4 is 0 Å². The summed E-state index contributed by atoms with van der Waals surface area (Å²) in [5.74, 6) is -1.55. The molecule has 2 atom stereocenters. The molecule has 0 bridgehead atoms. The second-order valence-electron chi connectivity index (χ2n) is 7.34. The van der Waals surface area contributed by atoms with Crippen LogP contribution in [0.15, 0.2) is 71.1 Å². The minimum absolute atomic E-state index is 0.0310. The Bertz CT molecular complexity index is 1090. The first-order valence-corrected chi connectivity index (χ1v) is 11.9. The van der Waals surface area contributed by atoms with Crippen molar-refractivity contribution in [1.29, 1.82) is 0 Å². The number of esters is 2. The summed E-state index contributed by atoms with van der Waals surface area (Å²) >= 11 is 0. The van der Waals surface area contributed by atoms with Crippen molar-refractivity contribution in [2.24, 2.45) is 0 Å². The highest BCUT2D eigenvalue weighted by atomic mass is 32.2. The Kier molecular flexibility index (Phi) is 7.48. The van der Waals surface area contributed by atoms with Crippen molar-refractivity contribution < 1.29 is 27.5 Å². The zero-order chi connectivity index (χ0) is 23.3. The largest absolute Gasteiger partial charge is 0.465 e. The van der Waals surface area contributed by atoms with E-state index in [1.807, 2.05) is 13.0 Å². The van der Waals surface area contributed by atoms with Crippen molar-refractivity contribution in [3.8, 4) is 0 Å². The monoisotopic (exact) mass is 457 g/mol. The Balaban J connectivity index is 2.22. The zero-order valence-electron chi connectivity index (χ0n) is 18.4. The van der Waals surface area contributed by atoms with Gasteiger partial charge in [-0.05, 0) is 44.9 Å². The topological polar surface area (TPSA) is 90.0 Å². The Hall–Kier alpha value is -2.97. The number of sulfonamides is 1. The van der Waals surface area contributed by atoms with Gasteiger partial charge in [-0.2, -0.15) is 4.31 Å². The van der Waals surface area contributed by atoms with Gasteiger partial charge in [0.1, 0.15) is 0 Å². The molecule has 7 nitrogen and oxygen atoms in total. The highest BCUT2D eigenvalue weighted by molar-refractivity contribution is 7.89. The van der Waals surface area contributed by atoms with Crippen LogP contribution >= 0.6 is 0 Å². The molecule has 0 aliphatic carbocycles. The highest BCUT2D eigenvalue weighted by Crippen LogP contribution is 2.39. The number of hydrogen-bond acceptors (Lipinski definition) is 6. The van der Waals surface area contributed by atoms with Gasteiger partial charge in [0.05, 0.1) is 29.7 Å². The quantitative estimate of drug-likeness (QED) is 0.591. The number of carbonyl (C=O) groups excluding carboxylic acids is 2. The average Bonchev–Trinajstić information content (AvgIpc) is 2.79. The van der Waals surface area contributed by atoms with Crippen LogP contribution in [0.2, 0.25) is 0 Å². The van der Waals surface area contributed by atoms with Crippen LogP contribution in [-0.4, -0.2) is 43.9 Å². The molecule has 0 saturated carbocycles. The molecule has 32 heavy (non-hydrogen) atoms. The number of aryl methyl sites for hydroxylation is 1. The molecule has 0 spiro atoms. The SMILES string of the molecule is CCOC(=O)C1=CC[C@@H](c2ccccc2)N(S(=O)(=O)c2ccc(C)cc2)[C@H]1C(=O)OCC. The molecule has 1 aliphatic heterocycles. The van der Waals surface area contributed by atoms with E-state index in [2.05, 4.69) is 0 Å². The van der Waals surface area contributed by atoms with Crippen LogP contribution in [0.4, 0.5) is 0 Å². The Morgan fingerprint density at radius 2 is 1.59 bits per heavy atom. The fourth-order valence-corrected chi connectivity index (χ4v) is 5.47. The molecule has 0 fully saturated rings. The molecular formula is C24H27NO6S. The lowest BCUT2D eigenvalue weighted by Crippen LogP contribution is -2.52. The fourth-order valence-electron chi connectivity index (χ4n) is 3.73. The summed E-state index contributed by atoms with van der Waals surface area (Å²) in [4.78, 5) is 25.8. The van der Waals surface area contributed by atoms with Crippen molar-refractivity contribution in [2.45, 2.75) is 44.2 Å². The van der Waals surface area contributed by atoms with Gasteiger partial charge in [0, 0.05) is 0 Å². The third kappa shape index (κ3) is 4.76. The van der Waals surface area contributed by atoms with E-state index in [0.717, 1.165) is 9.87 Å². The predicted molar refractivity (Wildman–Crippen MR) is 119 cm³/mol. The molecule has 1 heterocycles. The summed E-state index contributed by atoms with van der Waals surface area (Å²) in [6, 6.07) is 13.2. The molecule has 0 aromatic heterocycles. The number of hydrogen-bond donors (Lipinski definition) is 0. The molecule has 0 radical (unpaired) electrons. The number of ether oxygens (including phenoxy) is 2. The van der Waals surface area contributed by atoms with E-state index >= 15 is 0 Å². The Labute approximate surface area is 188 Å². The van der Waals surface area contributed by atoms with E-state index in [1.165, 1.54) is 12.1 Å². The van der Waals surface area contributed by atoms with Gasteiger partial charge in [-0.3, -0.25) is 0 Å². The number of benzene rings is 2. The maximum atomic E-state index is 13.9. The lowest BCUT2D eigenvalue weighted by Gasteiger charge is -2.39. The van der Waals surface area contributed by atoms with E-state index in [4.69, 9.17) is 9.47 Å². The molecule has 0 N–H and O–H groups in total. The Morgan fingerprint density at radius 3 is 2.19 bits per heavy atom. The van der Waals surface area contributed by atoms with Gasteiger partial charge in [-0.1, -0.05) is 54.1 Å². The molecule has 2 aromatic carbocycles. The molecule has 170 valence electrons. The molecule has 0 saturated heterocycles. The number of rotatable bonds is 7. The maximum Gasteiger partial charge on any atom is 0.335 e. The first-order valence-electron chi connectivity index (χ1n) is 10.5. The highest BCUT2D eigenvalue weighted by Gasteiger charge is 2.48. The van der Waals surface area contributed by atoms with Gasteiger partial charge in [-0.25, -0.2) is 18.0 Å². The van der Waals surface area contributed by atoms with Crippen molar-refractivity contribution >= 4 is 22.0 Å². The lowest BCUT2D eigenvalue weighted by atomic mass is 9.93. The standard InChI is InChI=1S/C24H27NO6S/c1-4-30-23(26)20-15-16-21(18-9-7-6-8-10-18)25(22(20)24(27)31-5-2)32(28,29)19-13-11-17(3)12-14-19/h6-15,21-22H,4-5,16H2,1-3H3/t21-,22+/m0/s1. The molecule has 0 unspecified atom stereocenters. The van der Waals surface area contributed by atoms with Crippen LogP contribution in [-0.2, 0) is 29.1 Å². The van der Waals surface area contributed by atoms with E-state index in [-0.39, 0.29) is 30.1 Å². The third-order valence-electron chi connectivity index (χ3n) is 5.22. The van der Waals surface area contributed by atoms with Gasteiger partial charge < -0.3 is 9.47 Å². The molecule has 3 rings (SSSR count). The van der Waals surface area contributed by atoms with Crippen molar-refractivity contribution in [3.05, 3.63) is 77.4 Å². The number of nitrogens with zero attached hydrogens (tertiary/aromatic N) is 1. The summed E-state index contributed by atoms with van der Waals surface area (Å²) in [6.45, 7) is 5.27. The minimum atomic E-state index is -4.19. The van der Waals surface area contributed by atoms with Crippen LogP contribution in [0, 0.1) is 6.92 Å². The third-order valence-corrected chi connectivity index (χ3v) is 7.11. The number of carbonyl (C=O) groups is 2. The van der Waals surface area contributed by atoms with Gasteiger partial charge in [0.25, 0.3) is 0 Å². The van der Waals surface area contributed by atoms with Gasteiger partial charge in [-0.15, -0.1) is 0 Å². The molecular weight excluding hydrogens is 430 g/mol. The van der Waals surface area contributed by atoms with Crippen LogP contribution in [0.5, 0.6) is 0 Å².